The monoisotopic (exact) mass is 227 g/mol. The van der Waals surface area contributed by atoms with Gasteiger partial charge in [0.05, 0.1) is 0 Å². The summed E-state index contributed by atoms with van der Waals surface area (Å²) in [5, 5.41) is 0. The first-order valence-corrected chi connectivity index (χ1v) is 6.83. The second-order valence-electron chi connectivity index (χ2n) is 5.45. The number of likely N-dealkylation sites (tertiary alicyclic amines) is 1. The molecule has 2 aliphatic rings. The lowest BCUT2D eigenvalue weighted by Gasteiger charge is -2.40. The van der Waals surface area contributed by atoms with E-state index < -0.39 is 0 Å². The van der Waals surface area contributed by atoms with E-state index in [0.29, 0.717) is 5.54 Å². The Labute approximate surface area is 104 Å². The molecule has 1 heteroatoms. The van der Waals surface area contributed by atoms with Crippen molar-refractivity contribution in [3.8, 4) is 0 Å². The summed E-state index contributed by atoms with van der Waals surface area (Å²) in [6.07, 6.45) is 11.4. The highest BCUT2D eigenvalue weighted by molar-refractivity contribution is 5.16. The lowest BCUT2D eigenvalue weighted by Crippen LogP contribution is -2.43. The number of rotatable bonds is 2. The average Bonchev–Trinajstić information content (AvgIpc) is 2.74. The van der Waals surface area contributed by atoms with Crippen molar-refractivity contribution in [2.45, 2.75) is 44.2 Å². The van der Waals surface area contributed by atoms with E-state index >= 15 is 0 Å². The Morgan fingerprint density at radius 3 is 2.71 bits per heavy atom. The van der Waals surface area contributed by atoms with Gasteiger partial charge in [-0.1, -0.05) is 42.5 Å². The summed E-state index contributed by atoms with van der Waals surface area (Å²) >= 11 is 0. The highest BCUT2D eigenvalue weighted by Gasteiger charge is 2.39. The van der Waals surface area contributed by atoms with Crippen LogP contribution in [0, 0.1) is 0 Å². The normalized spacial score (nSPS) is 28.9. The van der Waals surface area contributed by atoms with Gasteiger partial charge >= 0.3 is 0 Å². The van der Waals surface area contributed by atoms with Crippen LogP contribution in [-0.2, 0) is 6.54 Å². The Bertz CT molecular complexity index is 395. The van der Waals surface area contributed by atoms with Crippen LogP contribution in [0.1, 0.15) is 37.7 Å². The second kappa shape index (κ2) is 4.66. The smallest absolute Gasteiger partial charge is 0.0250 e. The van der Waals surface area contributed by atoms with Crippen molar-refractivity contribution < 1.29 is 0 Å². The van der Waals surface area contributed by atoms with Gasteiger partial charge in [-0.3, -0.25) is 4.90 Å². The van der Waals surface area contributed by atoms with Crippen LogP contribution in [0.4, 0.5) is 0 Å². The zero-order valence-electron chi connectivity index (χ0n) is 10.4. The summed E-state index contributed by atoms with van der Waals surface area (Å²) in [6, 6.07) is 10.9. The van der Waals surface area contributed by atoms with Gasteiger partial charge in [0.1, 0.15) is 0 Å². The predicted molar refractivity (Wildman–Crippen MR) is 71.8 cm³/mol. The summed E-state index contributed by atoms with van der Waals surface area (Å²) in [6.45, 7) is 2.41. The molecule has 1 aromatic carbocycles. The van der Waals surface area contributed by atoms with E-state index in [2.05, 4.69) is 47.4 Å². The van der Waals surface area contributed by atoms with E-state index in [1.807, 2.05) is 0 Å². The largest absolute Gasteiger partial charge is 0.293 e. The molecule has 3 rings (SSSR count). The fourth-order valence-corrected chi connectivity index (χ4v) is 3.43. The molecule has 1 unspecified atom stereocenters. The molecule has 0 aromatic heterocycles. The van der Waals surface area contributed by atoms with E-state index in [0.717, 1.165) is 6.54 Å². The molecule has 0 bridgehead atoms. The van der Waals surface area contributed by atoms with Crippen LogP contribution < -0.4 is 0 Å². The first kappa shape index (κ1) is 11.0. The number of hydrogen-bond acceptors (Lipinski definition) is 1. The van der Waals surface area contributed by atoms with Crippen molar-refractivity contribution in [1.82, 2.24) is 4.90 Å². The summed E-state index contributed by atoms with van der Waals surface area (Å²) < 4.78 is 0. The number of nitrogens with zero attached hydrogens (tertiary/aromatic N) is 1. The molecule has 0 N–H and O–H groups in total. The summed E-state index contributed by atoms with van der Waals surface area (Å²) in [5.74, 6) is 0. The van der Waals surface area contributed by atoms with Crippen LogP contribution in [0.15, 0.2) is 42.5 Å². The molecular weight excluding hydrogens is 206 g/mol. The van der Waals surface area contributed by atoms with Crippen molar-refractivity contribution in [2.75, 3.05) is 6.54 Å². The lowest BCUT2D eigenvalue weighted by molar-refractivity contribution is 0.117. The molecule has 90 valence electrons. The predicted octanol–water partition coefficient (Wildman–Crippen LogP) is 3.76. The Morgan fingerprint density at radius 2 is 1.94 bits per heavy atom. The molecule has 1 nitrogen and oxygen atoms in total. The standard InChI is InChI=1S/C16H21N/c1-3-8-15(9-4-1)14-17-13-7-12-16(17)10-5-2-6-11-16/h1-5,8-9H,6-7,10-14H2. The van der Waals surface area contributed by atoms with E-state index in [1.165, 1.54) is 44.2 Å². The first-order valence-electron chi connectivity index (χ1n) is 6.83. The van der Waals surface area contributed by atoms with Gasteiger partial charge in [-0.15, -0.1) is 0 Å². The minimum atomic E-state index is 0.491. The fraction of sp³-hybridized carbons (Fsp3) is 0.500. The van der Waals surface area contributed by atoms with Crippen LogP contribution in [0.25, 0.3) is 0 Å². The third-order valence-electron chi connectivity index (χ3n) is 4.40. The third kappa shape index (κ3) is 2.16. The number of benzene rings is 1. The molecule has 1 saturated heterocycles. The van der Waals surface area contributed by atoms with Crippen molar-refractivity contribution in [3.05, 3.63) is 48.0 Å². The molecule has 0 radical (unpaired) electrons. The SMILES string of the molecule is C1=CCC2(CC1)CCCN2Cc1ccccc1. The maximum Gasteiger partial charge on any atom is 0.0250 e. The van der Waals surface area contributed by atoms with Crippen LogP contribution in [0.2, 0.25) is 0 Å². The molecule has 1 aromatic rings. The summed E-state index contributed by atoms with van der Waals surface area (Å²) in [4.78, 5) is 2.73. The molecule has 1 fully saturated rings. The van der Waals surface area contributed by atoms with E-state index in [1.54, 1.807) is 0 Å². The summed E-state index contributed by atoms with van der Waals surface area (Å²) in [7, 11) is 0. The van der Waals surface area contributed by atoms with Gasteiger partial charge in [0.2, 0.25) is 0 Å². The van der Waals surface area contributed by atoms with Gasteiger partial charge in [0, 0.05) is 12.1 Å². The van der Waals surface area contributed by atoms with Crippen LogP contribution >= 0.6 is 0 Å². The maximum absolute atomic E-state index is 2.73. The quantitative estimate of drug-likeness (QED) is 0.695. The molecule has 17 heavy (non-hydrogen) atoms. The second-order valence-corrected chi connectivity index (χ2v) is 5.45. The molecular formula is C16H21N. The molecule has 1 heterocycles. The molecule has 1 atom stereocenters. The van der Waals surface area contributed by atoms with Crippen molar-refractivity contribution in [3.63, 3.8) is 0 Å². The zero-order valence-corrected chi connectivity index (χ0v) is 10.4. The molecule has 0 amide bonds. The first-order chi connectivity index (χ1) is 8.39. The van der Waals surface area contributed by atoms with Gasteiger partial charge in [0.25, 0.3) is 0 Å². The van der Waals surface area contributed by atoms with Crippen LogP contribution in [0.5, 0.6) is 0 Å². The van der Waals surface area contributed by atoms with Crippen molar-refractivity contribution in [2.24, 2.45) is 0 Å². The number of allylic oxidation sites excluding steroid dienone is 1. The van der Waals surface area contributed by atoms with E-state index in [-0.39, 0.29) is 0 Å². The van der Waals surface area contributed by atoms with Crippen molar-refractivity contribution in [1.29, 1.82) is 0 Å². The highest BCUT2D eigenvalue weighted by atomic mass is 15.2. The van der Waals surface area contributed by atoms with Crippen LogP contribution in [0.3, 0.4) is 0 Å². The third-order valence-corrected chi connectivity index (χ3v) is 4.40. The Hall–Kier alpha value is -1.08. The Kier molecular flexibility index (Phi) is 3.02. The van der Waals surface area contributed by atoms with Crippen LogP contribution in [-0.4, -0.2) is 17.0 Å². The fourth-order valence-electron chi connectivity index (χ4n) is 3.43. The topological polar surface area (TPSA) is 3.24 Å². The van der Waals surface area contributed by atoms with Gasteiger partial charge < -0.3 is 0 Å². The van der Waals surface area contributed by atoms with Gasteiger partial charge in [-0.25, -0.2) is 0 Å². The highest BCUT2D eigenvalue weighted by Crippen LogP contribution is 2.40. The van der Waals surface area contributed by atoms with Gasteiger partial charge in [-0.2, -0.15) is 0 Å². The molecule has 1 aliphatic heterocycles. The summed E-state index contributed by atoms with van der Waals surface area (Å²) in [5.41, 5.74) is 1.95. The Morgan fingerprint density at radius 1 is 1.06 bits per heavy atom. The lowest BCUT2D eigenvalue weighted by atomic mass is 9.83. The minimum Gasteiger partial charge on any atom is -0.293 e. The van der Waals surface area contributed by atoms with Gasteiger partial charge in [-0.05, 0) is 44.2 Å². The van der Waals surface area contributed by atoms with E-state index in [4.69, 9.17) is 0 Å². The average molecular weight is 227 g/mol. The minimum absolute atomic E-state index is 0.491. The van der Waals surface area contributed by atoms with E-state index in [9.17, 15) is 0 Å². The van der Waals surface area contributed by atoms with Crippen molar-refractivity contribution >= 4 is 0 Å². The number of hydrogen-bond donors (Lipinski definition) is 0. The Balaban J connectivity index is 1.76. The van der Waals surface area contributed by atoms with Gasteiger partial charge in [0.15, 0.2) is 0 Å². The molecule has 1 spiro atoms. The maximum atomic E-state index is 2.73. The molecule has 0 saturated carbocycles. The molecule has 1 aliphatic carbocycles. The zero-order chi connectivity index (χ0) is 11.6.